The zero-order valence-electron chi connectivity index (χ0n) is 8.48. The highest BCUT2D eigenvalue weighted by Gasteiger charge is 2.14. The van der Waals surface area contributed by atoms with Crippen molar-refractivity contribution >= 4 is 5.97 Å². The molecule has 78 valence electrons. The molecule has 1 rings (SSSR count). The van der Waals surface area contributed by atoms with Crippen molar-refractivity contribution in [2.45, 2.75) is 6.54 Å². The van der Waals surface area contributed by atoms with E-state index in [1.165, 1.54) is 6.20 Å². The summed E-state index contributed by atoms with van der Waals surface area (Å²) in [6.07, 6.45) is 1.36. The average molecular weight is 198 g/mol. The standard InChI is InChI=1S/C8H14N4O2/c1-11(2)9-5-7-6(8(13)14)4-10-12(7)3/h4,9H,5H2,1-3H3,(H,13,14). The smallest absolute Gasteiger partial charge is 0.339 e. The van der Waals surface area contributed by atoms with Gasteiger partial charge < -0.3 is 5.11 Å². The van der Waals surface area contributed by atoms with Crippen LogP contribution in [0.25, 0.3) is 0 Å². The van der Waals surface area contributed by atoms with E-state index in [1.54, 1.807) is 16.7 Å². The Morgan fingerprint density at radius 3 is 2.86 bits per heavy atom. The number of carboxylic acids is 1. The predicted molar refractivity (Wildman–Crippen MR) is 50.7 cm³/mol. The molecule has 0 amide bonds. The topological polar surface area (TPSA) is 70.4 Å². The van der Waals surface area contributed by atoms with Gasteiger partial charge in [-0.15, -0.1) is 0 Å². The molecule has 6 heteroatoms. The highest BCUT2D eigenvalue weighted by atomic mass is 16.4. The van der Waals surface area contributed by atoms with Crippen molar-refractivity contribution in [2.24, 2.45) is 7.05 Å². The number of aromatic carboxylic acids is 1. The van der Waals surface area contributed by atoms with Gasteiger partial charge in [0.25, 0.3) is 0 Å². The number of hydrazine groups is 1. The fourth-order valence-electron chi connectivity index (χ4n) is 1.08. The molecular weight excluding hydrogens is 184 g/mol. The second-order valence-corrected chi connectivity index (χ2v) is 3.16. The lowest BCUT2D eigenvalue weighted by Gasteiger charge is -2.12. The Labute approximate surface area is 82.1 Å². The highest BCUT2D eigenvalue weighted by molar-refractivity contribution is 5.88. The molecule has 0 saturated heterocycles. The van der Waals surface area contributed by atoms with Crippen LogP contribution in [-0.2, 0) is 13.6 Å². The lowest BCUT2D eigenvalue weighted by atomic mass is 10.2. The van der Waals surface area contributed by atoms with Crippen molar-refractivity contribution < 1.29 is 9.90 Å². The van der Waals surface area contributed by atoms with E-state index < -0.39 is 5.97 Å². The molecule has 0 aromatic carbocycles. The number of hydrogen-bond donors (Lipinski definition) is 2. The number of rotatable bonds is 4. The molecule has 1 aromatic heterocycles. The zero-order chi connectivity index (χ0) is 10.7. The SMILES string of the molecule is CN(C)NCc1c(C(=O)O)cnn1C. The highest BCUT2D eigenvalue weighted by Crippen LogP contribution is 2.06. The lowest BCUT2D eigenvalue weighted by Crippen LogP contribution is -2.31. The van der Waals surface area contributed by atoms with Gasteiger partial charge in [0.1, 0.15) is 5.56 Å². The van der Waals surface area contributed by atoms with Gasteiger partial charge in [0.05, 0.1) is 18.4 Å². The van der Waals surface area contributed by atoms with E-state index in [2.05, 4.69) is 10.5 Å². The molecule has 0 aliphatic carbocycles. The Morgan fingerprint density at radius 2 is 2.36 bits per heavy atom. The minimum absolute atomic E-state index is 0.238. The third-order valence-corrected chi connectivity index (χ3v) is 1.85. The molecule has 0 bridgehead atoms. The van der Waals surface area contributed by atoms with E-state index in [0.29, 0.717) is 12.2 Å². The number of carbonyl (C=O) groups is 1. The first-order valence-electron chi connectivity index (χ1n) is 4.17. The van der Waals surface area contributed by atoms with E-state index in [9.17, 15) is 4.79 Å². The Hall–Kier alpha value is -1.40. The number of nitrogens with one attached hydrogen (secondary N) is 1. The van der Waals surface area contributed by atoms with Crippen LogP contribution in [0.2, 0.25) is 0 Å². The summed E-state index contributed by atoms with van der Waals surface area (Å²) >= 11 is 0. The number of carboxylic acid groups (broad SMARTS) is 1. The molecule has 0 radical (unpaired) electrons. The third-order valence-electron chi connectivity index (χ3n) is 1.85. The monoisotopic (exact) mass is 198 g/mol. The van der Waals surface area contributed by atoms with E-state index in [-0.39, 0.29) is 5.56 Å². The van der Waals surface area contributed by atoms with Crippen molar-refractivity contribution in [2.75, 3.05) is 14.1 Å². The van der Waals surface area contributed by atoms with E-state index in [4.69, 9.17) is 5.11 Å². The number of aryl methyl sites for hydroxylation is 1. The molecule has 0 aliphatic heterocycles. The summed E-state index contributed by atoms with van der Waals surface area (Å²) in [4.78, 5) is 10.8. The largest absolute Gasteiger partial charge is 0.478 e. The summed E-state index contributed by atoms with van der Waals surface area (Å²) < 4.78 is 1.56. The second-order valence-electron chi connectivity index (χ2n) is 3.16. The number of aromatic nitrogens is 2. The molecule has 6 nitrogen and oxygen atoms in total. The molecule has 0 spiro atoms. The normalized spacial score (nSPS) is 10.9. The minimum Gasteiger partial charge on any atom is -0.478 e. The van der Waals surface area contributed by atoms with Gasteiger partial charge in [0, 0.05) is 21.1 Å². The molecule has 0 fully saturated rings. The van der Waals surface area contributed by atoms with Crippen LogP contribution in [0.15, 0.2) is 6.20 Å². The van der Waals surface area contributed by atoms with Crippen molar-refractivity contribution in [1.82, 2.24) is 20.2 Å². The summed E-state index contributed by atoms with van der Waals surface area (Å²) in [5.41, 5.74) is 3.89. The first-order valence-corrected chi connectivity index (χ1v) is 4.17. The second kappa shape index (κ2) is 4.21. The van der Waals surface area contributed by atoms with Gasteiger partial charge in [-0.2, -0.15) is 5.10 Å². The number of nitrogens with zero attached hydrogens (tertiary/aromatic N) is 3. The fraction of sp³-hybridized carbons (Fsp3) is 0.500. The van der Waals surface area contributed by atoms with Crippen LogP contribution in [0.1, 0.15) is 16.1 Å². The first kappa shape index (κ1) is 10.7. The third kappa shape index (κ3) is 2.30. The Morgan fingerprint density at radius 1 is 1.71 bits per heavy atom. The van der Waals surface area contributed by atoms with Gasteiger partial charge in [-0.25, -0.2) is 10.2 Å². The first-order chi connectivity index (χ1) is 6.52. The minimum atomic E-state index is -0.950. The van der Waals surface area contributed by atoms with Crippen LogP contribution in [0.3, 0.4) is 0 Å². The van der Waals surface area contributed by atoms with E-state index >= 15 is 0 Å². The van der Waals surface area contributed by atoms with E-state index in [0.717, 1.165) is 0 Å². The van der Waals surface area contributed by atoms with Crippen molar-refractivity contribution in [1.29, 1.82) is 0 Å². The van der Waals surface area contributed by atoms with Crippen LogP contribution >= 0.6 is 0 Å². The summed E-state index contributed by atoms with van der Waals surface area (Å²) in [7, 11) is 5.41. The number of hydrogen-bond acceptors (Lipinski definition) is 4. The average Bonchev–Trinajstić information content (AvgIpc) is 2.43. The predicted octanol–water partition coefficient (Wildman–Crippen LogP) is -0.315. The van der Waals surface area contributed by atoms with Gasteiger partial charge in [0.15, 0.2) is 0 Å². The van der Waals surface area contributed by atoms with Crippen LogP contribution < -0.4 is 5.43 Å². The van der Waals surface area contributed by atoms with Crippen molar-refractivity contribution in [3.8, 4) is 0 Å². The molecule has 14 heavy (non-hydrogen) atoms. The Balaban J connectivity index is 2.83. The van der Waals surface area contributed by atoms with Gasteiger partial charge in [0.2, 0.25) is 0 Å². The molecule has 0 saturated carbocycles. The van der Waals surface area contributed by atoms with Gasteiger partial charge in [-0.3, -0.25) is 9.69 Å². The van der Waals surface area contributed by atoms with Crippen molar-refractivity contribution in [3.05, 3.63) is 17.5 Å². The fourth-order valence-corrected chi connectivity index (χ4v) is 1.08. The van der Waals surface area contributed by atoms with Crippen LogP contribution in [-0.4, -0.2) is 40.0 Å². The molecule has 1 heterocycles. The molecular formula is C8H14N4O2. The molecule has 0 aliphatic rings. The summed E-state index contributed by atoms with van der Waals surface area (Å²) in [5.74, 6) is -0.950. The summed E-state index contributed by atoms with van der Waals surface area (Å²) in [5, 5.41) is 14.5. The maximum atomic E-state index is 10.8. The van der Waals surface area contributed by atoms with Gasteiger partial charge >= 0.3 is 5.97 Å². The van der Waals surface area contributed by atoms with Crippen molar-refractivity contribution in [3.63, 3.8) is 0 Å². The van der Waals surface area contributed by atoms with Gasteiger partial charge in [-0.05, 0) is 0 Å². The van der Waals surface area contributed by atoms with Crippen LogP contribution in [0, 0.1) is 0 Å². The van der Waals surface area contributed by atoms with Crippen LogP contribution in [0.5, 0.6) is 0 Å². The zero-order valence-corrected chi connectivity index (χ0v) is 8.48. The molecule has 0 atom stereocenters. The quantitative estimate of drug-likeness (QED) is 0.649. The summed E-state index contributed by atoms with van der Waals surface area (Å²) in [6, 6.07) is 0. The Bertz CT molecular complexity index is 332. The maximum absolute atomic E-state index is 10.8. The van der Waals surface area contributed by atoms with Crippen LogP contribution in [0.4, 0.5) is 0 Å². The molecule has 0 unspecified atom stereocenters. The maximum Gasteiger partial charge on any atom is 0.339 e. The van der Waals surface area contributed by atoms with E-state index in [1.807, 2.05) is 14.1 Å². The lowest BCUT2D eigenvalue weighted by molar-refractivity contribution is 0.0695. The molecule has 2 N–H and O–H groups in total. The summed E-state index contributed by atoms with van der Waals surface area (Å²) in [6.45, 7) is 0.450. The Kier molecular flexibility index (Phi) is 3.21. The molecule has 1 aromatic rings. The van der Waals surface area contributed by atoms with Gasteiger partial charge in [-0.1, -0.05) is 0 Å².